The van der Waals surface area contributed by atoms with E-state index in [1.165, 1.54) is 5.56 Å². The molecule has 0 aliphatic heterocycles. The molecule has 80 valence electrons. The lowest BCUT2D eigenvalue weighted by Gasteiger charge is -2.04. The molecule has 0 atom stereocenters. The second-order valence-corrected chi connectivity index (χ2v) is 4.12. The van der Waals surface area contributed by atoms with Crippen LogP contribution in [0.2, 0.25) is 0 Å². The van der Waals surface area contributed by atoms with Gasteiger partial charge < -0.3 is 15.0 Å². The van der Waals surface area contributed by atoms with E-state index in [0.29, 0.717) is 0 Å². The summed E-state index contributed by atoms with van der Waals surface area (Å²) in [5.74, 6) is 0.903. The van der Waals surface area contributed by atoms with Crippen molar-refractivity contribution in [1.29, 1.82) is 0 Å². The summed E-state index contributed by atoms with van der Waals surface area (Å²) in [4.78, 5) is 3.28. The summed E-state index contributed by atoms with van der Waals surface area (Å²) in [6.07, 6.45) is 0. The van der Waals surface area contributed by atoms with Gasteiger partial charge in [0.15, 0.2) is 0 Å². The zero-order chi connectivity index (χ0) is 10.8. The molecule has 0 amide bonds. The summed E-state index contributed by atoms with van der Waals surface area (Å²) >= 11 is 3.52. The monoisotopic (exact) mass is 268 g/mol. The summed E-state index contributed by atoms with van der Waals surface area (Å²) in [5.41, 5.74) is 2.29. The molecule has 0 aliphatic rings. The largest absolute Gasteiger partial charge is 0.496 e. The fourth-order valence-corrected chi connectivity index (χ4v) is 2.31. The Labute approximate surface area is 96.9 Å². The molecular weight excluding hydrogens is 256 g/mol. The highest BCUT2D eigenvalue weighted by atomic mass is 79.9. The maximum Gasteiger partial charge on any atom is 0.128 e. The zero-order valence-corrected chi connectivity index (χ0v) is 10.3. The molecular formula is C11H13BrN2O. The number of hydrogen-bond donors (Lipinski definition) is 2. The van der Waals surface area contributed by atoms with Crippen LogP contribution in [-0.4, -0.2) is 19.1 Å². The first-order valence-electron chi connectivity index (χ1n) is 4.75. The van der Waals surface area contributed by atoms with Gasteiger partial charge in [0.05, 0.1) is 17.2 Å². The summed E-state index contributed by atoms with van der Waals surface area (Å²) in [6.45, 7) is 0.807. The molecule has 2 rings (SSSR count). The Bertz CT molecular complexity index is 479. The zero-order valence-electron chi connectivity index (χ0n) is 8.73. The Morgan fingerprint density at radius 2 is 2.27 bits per heavy atom. The number of ether oxygens (including phenoxy) is 1. The standard InChI is InChI=1S/C11H13BrN2O/c1-13-6-7-10-8(14-11(7)12)4-3-5-9(10)15-2/h3-5,13-14H,6H2,1-2H3. The molecule has 0 spiro atoms. The van der Waals surface area contributed by atoms with Crippen LogP contribution < -0.4 is 10.1 Å². The van der Waals surface area contributed by atoms with Gasteiger partial charge in [0.1, 0.15) is 5.75 Å². The van der Waals surface area contributed by atoms with Crippen molar-refractivity contribution in [3.8, 4) is 5.75 Å². The number of benzene rings is 1. The Morgan fingerprint density at radius 1 is 1.47 bits per heavy atom. The highest BCUT2D eigenvalue weighted by Gasteiger charge is 2.12. The first kappa shape index (κ1) is 10.5. The number of H-pyrrole nitrogens is 1. The van der Waals surface area contributed by atoms with Crippen molar-refractivity contribution in [2.45, 2.75) is 6.54 Å². The summed E-state index contributed by atoms with van der Waals surface area (Å²) in [6, 6.07) is 6.00. The van der Waals surface area contributed by atoms with Crippen molar-refractivity contribution in [2.24, 2.45) is 0 Å². The van der Waals surface area contributed by atoms with Gasteiger partial charge in [0.25, 0.3) is 0 Å². The van der Waals surface area contributed by atoms with Crippen molar-refractivity contribution >= 4 is 26.8 Å². The van der Waals surface area contributed by atoms with E-state index >= 15 is 0 Å². The van der Waals surface area contributed by atoms with Crippen molar-refractivity contribution in [3.05, 3.63) is 28.4 Å². The minimum Gasteiger partial charge on any atom is -0.496 e. The van der Waals surface area contributed by atoms with E-state index in [4.69, 9.17) is 4.74 Å². The SMILES string of the molecule is CNCc1c(Br)[nH]c2cccc(OC)c12. The summed E-state index contributed by atoms with van der Waals surface area (Å²) in [7, 11) is 3.62. The summed E-state index contributed by atoms with van der Waals surface area (Å²) in [5, 5.41) is 4.29. The fraction of sp³-hybridized carbons (Fsp3) is 0.273. The second kappa shape index (κ2) is 4.24. The first-order chi connectivity index (χ1) is 7.27. The van der Waals surface area contributed by atoms with E-state index < -0.39 is 0 Å². The molecule has 0 saturated carbocycles. The second-order valence-electron chi connectivity index (χ2n) is 3.33. The molecule has 0 unspecified atom stereocenters. The highest BCUT2D eigenvalue weighted by molar-refractivity contribution is 9.10. The van der Waals surface area contributed by atoms with E-state index in [0.717, 1.165) is 27.8 Å². The van der Waals surface area contributed by atoms with Crippen LogP contribution in [0.3, 0.4) is 0 Å². The molecule has 4 heteroatoms. The predicted octanol–water partition coefficient (Wildman–Crippen LogP) is 2.66. The van der Waals surface area contributed by atoms with Crippen LogP contribution in [0.15, 0.2) is 22.8 Å². The van der Waals surface area contributed by atoms with Crippen LogP contribution in [0.5, 0.6) is 5.75 Å². The number of hydrogen-bond acceptors (Lipinski definition) is 2. The maximum atomic E-state index is 5.36. The third-order valence-corrected chi connectivity index (χ3v) is 3.09. The van der Waals surface area contributed by atoms with Crippen molar-refractivity contribution < 1.29 is 4.74 Å². The molecule has 0 radical (unpaired) electrons. The fourth-order valence-electron chi connectivity index (χ4n) is 1.76. The minimum absolute atomic E-state index is 0.807. The smallest absolute Gasteiger partial charge is 0.128 e. The van der Waals surface area contributed by atoms with Gasteiger partial charge in [-0.3, -0.25) is 0 Å². The molecule has 1 aromatic carbocycles. The molecule has 0 fully saturated rings. The predicted molar refractivity (Wildman–Crippen MR) is 65.3 cm³/mol. The van der Waals surface area contributed by atoms with Gasteiger partial charge >= 0.3 is 0 Å². The average molecular weight is 269 g/mol. The van der Waals surface area contributed by atoms with Gasteiger partial charge in [0, 0.05) is 17.5 Å². The van der Waals surface area contributed by atoms with Crippen LogP contribution in [-0.2, 0) is 6.54 Å². The third kappa shape index (κ3) is 1.75. The van der Waals surface area contributed by atoms with Gasteiger partial charge in [-0.1, -0.05) is 6.07 Å². The van der Waals surface area contributed by atoms with Crippen LogP contribution in [0.4, 0.5) is 0 Å². The van der Waals surface area contributed by atoms with Crippen LogP contribution >= 0.6 is 15.9 Å². The third-order valence-electron chi connectivity index (χ3n) is 2.41. The van der Waals surface area contributed by atoms with Gasteiger partial charge in [-0.25, -0.2) is 0 Å². The van der Waals surface area contributed by atoms with Crippen molar-refractivity contribution in [1.82, 2.24) is 10.3 Å². The number of aromatic amines is 1. The molecule has 2 aromatic rings. The molecule has 1 aromatic heterocycles. The lowest BCUT2D eigenvalue weighted by atomic mass is 10.1. The number of rotatable bonds is 3. The van der Waals surface area contributed by atoms with Crippen LogP contribution in [0.25, 0.3) is 10.9 Å². The van der Waals surface area contributed by atoms with E-state index in [-0.39, 0.29) is 0 Å². The molecule has 2 N–H and O–H groups in total. The van der Waals surface area contributed by atoms with Crippen LogP contribution in [0.1, 0.15) is 5.56 Å². The normalized spacial score (nSPS) is 10.9. The molecule has 1 heterocycles. The summed E-state index contributed by atoms with van der Waals surface area (Å²) < 4.78 is 6.37. The number of halogens is 1. The van der Waals surface area contributed by atoms with E-state index in [1.54, 1.807) is 7.11 Å². The quantitative estimate of drug-likeness (QED) is 0.898. The van der Waals surface area contributed by atoms with Gasteiger partial charge in [-0.2, -0.15) is 0 Å². The lowest BCUT2D eigenvalue weighted by Crippen LogP contribution is -2.05. The Kier molecular flexibility index (Phi) is 2.98. The van der Waals surface area contributed by atoms with Gasteiger partial charge in [-0.15, -0.1) is 0 Å². The Balaban J connectivity index is 2.71. The topological polar surface area (TPSA) is 37.0 Å². The first-order valence-corrected chi connectivity index (χ1v) is 5.55. The van der Waals surface area contributed by atoms with Crippen LogP contribution in [0, 0.1) is 0 Å². The maximum absolute atomic E-state index is 5.36. The Morgan fingerprint density at radius 3 is 2.93 bits per heavy atom. The van der Waals surface area contributed by atoms with Crippen molar-refractivity contribution in [2.75, 3.05) is 14.2 Å². The van der Waals surface area contributed by atoms with Gasteiger partial charge in [0.2, 0.25) is 0 Å². The number of aromatic nitrogens is 1. The lowest BCUT2D eigenvalue weighted by molar-refractivity contribution is 0.419. The van der Waals surface area contributed by atoms with E-state index in [9.17, 15) is 0 Å². The van der Waals surface area contributed by atoms with Crippen molar-refractivity contribution in [3.63, 3.8) is 0 Å². The number of nitrogens with one attached hydrogen (secondary N) is 2. The molecule has 15 heavy (non-hydrogen) atoms. The van der Waals surface area contributed by atoms with E-state index in [2.05, 4.69) is 26.2 Å². The highest BCUT2D eigenvalue weighted by Crippen LogP contribution is 2.33. The molecule has 0 bridgehead atoms. The molecule has 0 aliphatic carbocycles. The molecule has 3 nitrogen and oxygen atoms in total. The van der Waals surface area contributed by atoms with Gasteiger partial charge in [-0.05, 0) is 35.1 Å². The van der Waals surface area contributed by atoms with E-state index in [1.807, 2.05) is 25.2 Å². The average Bonchev–Trinajstić information content (AvgIpc) is 2.56. The minimum atomic E-state index is 0.807. The number of methoxy groups -OCH3 is 1. The Hall–Kier alpha value is -1.00. The molecule has 0 saturated heterocycles. The number of fused-ring (bicyclic) bond motifs is 1.